The van der Waals surface area contributed by atoms with Gasteiger partial charge in [-0.3, -0.25) is 9.48 Å². The number of amides is 1. The van der Waals surface area contributed by atoms with Crippen molar-refractivity contribution in [1.29, 1.82) is 0 Å². The molecule has 2 atom stereocenters. The van der Waals surface area contributed by atoms with Gasteiger partial charge in [-0.1, -0.05) is 0 Å². The standard InChI is InChI=1S/C17H21N5O2/c1-21-11-12(10-19-21)13-9-14(13)17(23)20-15-3-2-4-18-16(15)22-5-7-24-8-6-22/h2-4,10-11,13-14H,5-9H2,1H3,(H,20,23)/t13-,14+/m0/s1. The van der Waals surface area contributed by atoms with Crippen LogP contribution in [0.3, 0.4) is 0 Å². The van der Waals surface area contributed by atoms with Crippen LogP contribution in [0.4, 0.5) is 11.5 Å². The van der Waals surface area contributed by atoms with Crippen LogP contribution < -0.4 is 10.2 Å². The molecule has 24 heavy (non-hydrogen) atoms. The normalized spacial score (nSPS) is 23.1. The molecule has 1 amide bonds. The number of ether oxygens (including phenoxy) is 1. The van der Waals surface area contributed by atoms with E-state index in [4.69, 9.17) is 4.74 Å². The SMILES string of the molecule is Cn1cc([C@@H]2C[C@H]2C(=O)Nc2cccnc2N2CCOCC2)cn1. The predicted molar refractivity (Wildman–Crippen MR) is 90.0 cm³/mol. The van der Waals surface area contributed by atoms with E-state index in [1.807, 2.05) is 31.6 Å². The summed E-state index contributed by atoms with van der Waals surface area (Å²) in [5, 5.41) is 7.25. The first-order valence-electron chi connectivity index (χ1n) is 8.29. The minimum atomic E-state index is 0.0203. The second-order valence-electron chi connectivity index (χ2n) is 6.36. The number of rotatable bonds is 4. The monoisotopic (exact) mass is 327 g/mol. The Labute approximate surface area is 140 Å². The molecule has 3 heterocycles. The lowest BCUT2D eigenvalue weighted by Gasteiger charge is -2.29. The average Bonchev–Trinajstić information content (AvgIpc) is 3.30. The number of carbonyl (C=O) groups is 1. The van der Waals surface area contributed by atoms with Crippen LogP contribution in [-0.2, 0) is 16.6 Å². The lowest BCUT2D eigenvalue weighted by Crippen LogP contribution is -2.37. The summed E-state index contributed by atoms with van der Waals surface area (Å²) in [5.41, 5.74) is 1.92. The van der Waals surface area contributed by atoms with Gasteiger partial charge in [-0.2, -0.15) is 5.10 Å². The van der Waals surface area contributed by atoms with Crippen molar-refractivity contribution in [2.75, 3.05) is 36.5 Å². The Balaban J connectivity index is 1.45. The summed E-state index contributed by atoms with van der Waals surface area (Å²) in [7, 11) is 1.89. The summed E-state index contributed by atoms with van der Waals surface area (Å²) in [5.74, 6) is 1.19. The molecular formula is C17H21N5O2. The maximum absolute atomic E-state index is 12.6. The molecule has 0 aromatic carbocycles. The summed E-state index contributed by atoms with van der Waals surface area (Å²) in [6.07, 6.45) is 6.48. The highest BCUT2D eigenvalue weighted by Gasteiger charge is 2.44. The van der Waals surface area contributed by atoms with Crippen molar-refractivity contribution in [2.24, 2.45) is 13.0 Å². The van der Waals surface area contributed by atoms with E-state index in [0.717, 1.165) is 36.6 Å². The average molecular weight is 327 g/mol. The highest BCUT2D eigenvalue weighted by Crippen LogP contribution is 2.48. The molecule has 0 spiro atoms. The molecule has 7 heteroatoms. The van der Waals surface area contributed by atoms with Crippen LogP contribution in [0.1, 0.15) is 17.9 Å². The van der Waals surface area contributed by atoms with Gasteiger partial charge in [0.25, 0.3) is 0 Å². The Morgan fingerprint density at radius 2 is 2.21 bits per heavy atom. The number of hydrogen-bond acceptors (Lipinski definition) is 5. The van der Waals surface area contributed by atoms with E-state index < -0.39 is 0 Å². The number of hydrogen-bond donors (Lipinski definition) is 1. The number of nitrogens with zero attached hydrogens (tertiary/aromatic N) is 4. The fourth-order valence-electron chi connectivity index (χ4n) is 3.23. The molecule has 1 saturated heterocycles. The Bertz CT molecular complexity index is 738. The van der Waals surface area contributed by atoms with Gasteiger partial charge in [0.05, 0.1) is 25.1 Å². The van der Waals surface area contributed by atoms with Gasteiger partial charge in [0, 0.05) is 38.4 Å². The second kappa shape index (κ2) is 6.24. The van der Waals surface area contributed by atoms with Crippen molar-refractivity contribution < 1.29 is 9.53 Å². The van der Waals surface area contributed by atoms with Crippen molar-refractivity contribution >= 4 is 17.4 Å². The smallest absolute Gasteiger partial charge is 0.228 e. The van der Waals surface area contributed by atoms with Gasteiger partial charge in [-0.15, -0.1) is 0 Å². The molecular weight excluding hydrogens is 306 g/mol. The van der Waals surface area contributed by atoms with Gasteiger partial charge in [-0.25, -0.2) is 4.98 Å². The third-order valence-electron chi connectivity index (χ3n) is 4.64. The van der Waals surface area contributed by atoms with Gasteiger partial charge < -0.3 is 15.0 Å². The largest absolute Gasteiger partial charge is 0.378 e. The van der Waals surface area contributed by atoms with E-state index in [2.05, 4.69) is 20.3 Å². The van der Waals surface area contributed by atoms with E-state index in [0.29, 0.717) is 13.2 Å². The van der Waals surface area contributed by atoms with Crippen molar-refractivity contribution in [3.8, 4) is 0 Å². The molecule has 2 aromatic heterocycles. The molecule has 2 aromatic rings. The number of aryl methyl sites for hydroxylation is 1. The van der Waals surface area contributed by atoms with E-state index in [1.54, 1.807) is 10.9 Å². The van der Waals surface area contributed by atoms with Crippen LogP contribution in [0.15, 0.2) is 30.7 Å². The molecule has 0 unspecified atom stereocenters. The minimum absolute atomic E-state index is 0.0203. The first-order valence-corrected chi connectivity index (χ1v) is 8.29. The molecule has 126 valence electrons. The Morgan fingerprint density at radius 3 is 2.96 bits per heavy atom. The third-order valence-corrected chi connectivity index (χ3v) is 4.64. The zero-order valence-corrected chi connectivity index (χ0v) is 13.7. The van der Waals surface area contributed by atoms with Gasteiger partial charge in [-0.05, 0) is 30.0 Å². The second-order valence-corrected chi connectivity index (χ2v) is 6.36. The highest BCUT2D eigenvalue weighted by molar-refractivity contribution is 5.97. The summed E-state index contributed by atoms with van der Waals surface area (Å²) >= 11 is 0. The fraction of sp³-hybridized carbons (Fsp3) is 0.471. The van der Waals surface area contributed by atoms with Crippen LogP contribution in [0.5, 0.6) is 0 Å². The maximum Gasteiger partial charge on any atom is 0.228 e. The zero-order chi connectivity index (χ0) is 16.5. The first kappa shape index (κ1) is 15.1. The molecule has 0 radical (unpaired) electrons. The van der Waals surface area contributed by atoms with Crippen LogP contribution in [0.25, 0.3) is 0 Å². The molecule has 7 nitrogen and oxygen atoms in total. The third kappa shape index (κ3) is 2.99. The van der Waals surface area contributed by atoms with Gasteiger partial charge in [0.1, 0.15) is 0 Å². The van der Waals surface area contributed by atoms with Crippen LogP contribution in [0, 0.1) is 5.92 Å². The Morgan fingerprint density at radius 1 is 1.38 bits per heavy atom. The van der Waals surface area contributed by atoms with E-state index in [9.17, 15) is 4.79 Å². The van der Waals surface area contributed by atoms with Crippen LogP contribution >= 0.6 is 0 Å². The number of nitrogens with one attached hydrogen (secondary N) is 1. The zero-order valence-electron chi connectivity index (χ0n) is 13.7. The van der Waals surface area contributed by atoms with Gasteiger partial charge >= 0.3 is 0 Å². The summed E-state index contributed by atoms with van der Waals surface area (Å²) < 4.78 is 7.17. The number of aromatic nitrogens is 3. The molecule has 1 N–H and O–H groups in total. The van der Waals surface area contributed by atoms with E-state index >= 15 is 0 Å². The van der Waals surface area contributed by atoms with E-state index in [-0.39, 0.29) is 17.7 Å². The van der Waals surface area contributed by atoms with Crippen LogP contribution in [0.2, 0.25) is 0 Å². The molecule has 2 fully saturated rings. The number of pyridine rings is 1. The summed E-state index contributed by atoms with van der Waals surface area (Å²) in [6, 6.07) is 3.77. The van der Waals surface area contributed by atoms with Crippen molar-refractivity contribution in [1.82, 2.24) is 14.8 Å². The Hall–Kier alpha value is -2.41. The van der Waals surface area contributed by atoms with Crippen molar-refractivity contribution in [3.63, 3.8) is 0 Å². The summed E-state index contributed by atoms with van der Waals surface area (Å²) in [4.78, 5) is 19.2. The quantitative estimate of drug-likeness (QED) is 0.919. The predicted octanol–water partition coefficient (Wildman–Crippen LogP) is 1.39. The highest BCUT2D eigenvalue weighted by atomic mass is 16.5. The molecule has 4 rings (SSSR count). The molecule has 1 aliphatic carbocycles. The van der Waals surface area contributed by atoms with Crippen LogP contribution in [-0.4, -0.2) is 47.0 Å². The first-order chi connectivity index (χ1) is 11.7. The lowest BCUT2D eigenvalue weighted by molar-refractivity contribution is -0.117. The molecule has 2 aliphatic rings. The number of anilines is 2. The molecule has 1 aliphatic heterocycles. The molecule has 1 saturated carbocycles. The molecule has 0 bridgehead atoms. The van der Waals surface area contributed by atoms with Gasteiger partial charge in [0.2, 0.25) is 5.91 Å². The number of morpholine rings is 1. The minimum Gasteiger partial charge on any atom is -0.378 e. The topological polar surface area (TPSA) is 72.3 Å². The Kier molecular flexibility index (Phi) is 3.93. The number of carbonyl (C=O) groups excluding carboxylic acids is 1. The van der Waals surface area contributed by atoms with Crippen molar-refractivity contribution in [3.05, 3.63) is 36.3 Å². The summed E-state index contributed by atoms with van der Waals surface area (Å²) in [6.45, 7) is 2.97. The maximum atomic E-state index is 12.6. The van der Waals surface area contributed by atoms with Gasteiger partial charge in [0.15, 0.2) is 5.82 Å². The lowest BCUT2D eigenvalue weighted by atomic mass is 10.2. The van der Waals surface area contributed by atoms with E-state index in [1.165, 1.54) is 0 Å². The fourth-order valence-corrected chi connectivity index (χ4v) is 3.23. The van der Waals surface area contributed by atoms with Crippen molar-refractivity contribution in [2.45, 2.75) is 12.3 Å².